The number of hydrogen-bond donors (Lipinski definition) is 1. The first kappa shape index (κ1) is 16.0. The van der Waals surface area contributed by atoms with E-state index in [0.717, 1.165) is 19.3 Å². The molecular weight excluding hydrogens is 240 g/mol. The number of nitrogens with zero attached hydrogens (tertiary/aromatic N) is 1. The van der Waals surface area contributed by atoms with Gasteiger partial charge in [-0.15, -0.1) is 0 Å². The molecule has 0 saturated heterocycles. The highest BCUT2D eigenvalue weighted by atomic mass is 16.2. The van der Waals surface area contributed by atoms with E-state index in [1.54, 1.807) is 18.9 Å². The van der Waals surface area contributed by atoms with Crippen molar-refractivity contribution in [2.75, 3.05) is 7.05 Å². The van der Waals surface area contributed by atoms with Crippen LogP contribution < -0.4 is 5.32 Å². The van der Waals surface area contributed by atoms with Crippen LogP contribution in [0.3, 0.4) is 0 Å². The van der Waals surface area contributed by atoms with E-state index in [-0.39, 0.29) is 17.9 Å². The molecule has 0 aromatic carbocycles. The monoisotopic (exact) mass is 268 g/mol. The van der Waals surface area contributed by atoms with Gasteiger partial charge in [0.05, 0.1) is 0 Å². The molecule has 1 fully saturated rings. The zero-order valence-electron chi connectivity index (χ0n) is 12.6. The van der Waals surface area contributed by atoms with Gasteiger partial charge < -0.3 is 10.2 Å². The minimum absolute atomic E-state index is 0.0150. The third-order valence-corrected chi connectivity index (χ3v) is 4.02. The lowest BCUT2D eigenvalue weighted by Crippen LogP contribution is -2.48. The molecule has 0 aromatic rings. The second kappa shape index (κ2) is 8.18. The van der Waals surface area contributed by atoms with E-state index in [0.29, 0.717) is 12.5 Å². The fourth-order valence-corrected chi connectivity index (χ4v) is 2.53. The lowest BCUT2D eigenvalue weighted by molar-refractivity contribution is -0.138. The van der Waals surface area contributed by atoms with Gasteiger partial charge in [0.2, 0.25) is 11.8 Å². The molecule has 0 heterocycles. The van der Waals surface area contributed by atoms with Crippen molar-refractivity contribution in [3.05, 3.63) is 0 Å². The highest BCUT2D eigenvalue weighted by molar-refractivity contribution is 5.87. The van der Waals surface area contributed by atoms with Gasteiger partial charge in [0, 0.05) is 19.5 Å². The summed E-state index contributed by atoms with van der Waals surface area (Å²) < 4.78 is 0. The number of nitrogens with one attached hydrogen (secondary N) is 1. The first-order chi connectivity index (χ1) is 9.06. The summed E-state index contributed by atoms with van der Waals surface area (Å²) in [4.78, 5) is 25.5. The summed E-state index contributed by atoms with van der Waals surface area (Å²) in [6.45, 7) is 3.78. The molecule has 0 aliphatic heterocycles. The average molecular weight is 268 g/mol. The maximum atomic E-state index is 12.2. The minimum atomic E-state index is -0.373. The van der Waals surface area contributed by atoms with E-state index in [4.69, 9.17) is 0 Å². The molecule has 0 spiro atoms. The van der Waals surface area contributed by atoms with Crippen molar-refractivity contribution in [1.82, 2.24) is 10.2 Å². The van der Waals surface area contributed by atoms with E-state index >= 15 is 0 Å². The Hall–Kier alpha value is -1.06. The zero-order chi connectivity index (χ0) is 14.3. The predicted molar refractivity (Wildman–Crippen MR) is 76.8 cm³/mol. The fraction of sp³-hybridized carbons (Fsp3) is 0.867. The van der Waals surface area contributed by atoms with Gasteiger partial charge in [-0.3, -0.25) is 9.59 Å². The van der Waals surface area contributed by atoms with E-state index < -0.39 is 0 Å². The number of rotatable bonds is 5. The van der Waals surface area contributed by atoms with Crippen LogP contribution in [-0.4, -0.2) is 35.8 Å². The van der Waals surface area contributed by atoms with Gasteiger partial charge in [0.25, 0.3) is 0 Å². The number of carbonyl (C=O) groups is 2. The maximum absolute atomic E-state index is 12.2. The number of hydrogen-bond acceptors (Lipinski definition) is 2. The molecule has 2 amide bonds. The standard InChI is InChI=1S/C15H28N2O2/c1-4-9-14(18)17(3)12(2)15(19)16-13-10-7-5-6-8-11-13/h12-13H,4-11H2,1-3H3,(H,16,19)/t12-/m0/s1. The summed E-state index contributed by atoms with van der Waals surface area (Å²) in [6, 6.07) is -0.0746. The summed E-state index contributed by atoms with van der Waals surface area (Å²) >= 11 is 0. The van der Waals surface area contributed by atoms with Gasteiger partial charge in [-0.05, 0) is 26.2 Å². The van der Waals surface area contributed by atoms with Crippen LogP contribution in [0.15, 0.2) is 0 Å². The summed E-state index contributed by atoms with van der Waals surface area (Å²) in [7, 11) is 1.72. The molecule has 1 atom stereocenters. The molecular formula is C15H28N2O2. The Balaban J connectivity index is 2.44. The fourth-order valence-electron chi connectivity index (χ4n) is 2.53. The van der Waals surface area contributed by atoms with Crippen molar-refractivity contribution in [1.29, 1.82) is 0 Å². The Morgan fingerprint density at radius 3 is 2.32 bits per heavy atom. The molecule has 1 aliphatic carbocycles. The SMILES string of the molecule is CCCC(=O)N(C)[C@@H](C)C(=O)NC1CCCCCC1. The Bertz CT molecular complexity index is 297. The van der Waals surface area contributed by atoms with Crippen molar-refractivity contribution >= 4 is 11.8 Å². The van der Waals surface area contributed by atoms with Crippen LogP contribution in [0.4, 0.5) is 0 Å². The number of amides is 2. The average Bonchev–Trinajstić information content (AvgIpc) is 2.65. The topological polar surface area (TPSA) is 49.4 Å². The molecule has 1 aliphatic rings. The Labute approximate surface area is 116 Å². The summed E-state index contributed by atoms with van der Waals surface area (Å²) in [5, 5.41) is 3.10. The van der Waals surface area contributed by atoms with Gasteiger partial charge in [-0.2, -0.15) is 0 Å². The molecule has 0 unspecified atom stereocenters. The van der Waals surface area contributed by atoms with Crippen LogP contribution in [0.25, 0.3) is 0 Å². The van der Waals surface area contributed by atoms with E-state index in [9.17, 15) is 9.59 Å². The molecule has 0 radical (unpaired) electrons. The van der Waals surface area contributed by atoms with E-state index in [2.05, 4.69) is 5.32 Å². The summed E-state index contributed by atoms with van der Waals surface area (Å²) in [5.74, 6) is 0.0323. The molecule has 110 valence electrons. The molecule has 1 N–H and O–H groups in total. The molecule has 0 aromatic heterocycles. The summed E-state index contributed by atoms with van der Waals surface area (Å²) in [5.41, 5.74) is 0. The Kier molecular flexibility index (Phi) is 6.89. The molecule has 1 rings (SSSR count). The van der Waals surface area contributed by atoms with Crippen LogP contribution in [0.5, 0.6) is 0 Å². The predicted octanol–water partition coefficient (Wildman–Crippen LogP) is 2.47. The second-order valence-corrected chi connectivity index (χ2v) is 5.63. The van der Waals surface area contributed by atoms with Crippen LogP contribution in [-0.2, 0) is 9.59 Å². The third kappa shape index (κ3) is 5.21. The zero-order valence-corrected chi connectivity index (χ0v) is 12.6. The smallest absolute Gasteiger partial charge is 0.242 e. The molecule has 1 saturated carbocycles. The van der Waals surface area contributed by atoms with Crippen molar-refractivity contribution in [2.24, 2.45) is 0 Å². The van der Waals surface area contributed by atoms with Crippen LogP contribution in [0.2, 0.25) is 0 Å². The van der Waals surface area contributed by atoms with E-state index in [1.165, 1.54) is 25.7 Å². The highest BCUT2D eigenvalue weighted by Crippen LogP contribution is 2.17. The van der Waals surface area contributed by atoms with Crippen molar-refractivity contribution in [3.8, 4) is 0 Å². The molecule has 4 heteroatoms. The molecule has 4 nitrogen and oxygen atoms in total. The van der Waals surface area contributed by atoms with Crippen molar-refractivity contribution in [2.45, 2.75) is 77.3 Å². The Morgan fingerprint density at radius 1 is 1.21 bits per heavy atom. The van der Waals surface area contributed by atoms with Crippen LogP contribution in [0, 0.1) is 0 Å². The first-order valence-electron chi connectivity index (χ1n) is 7.62. The second-order valence-electron chi connectivity index (χ2n) is 5.63. The van der Waals surface area contributed by atoms with Crippen molar-refractivity contribution < 1.29 is 9.59 Å². The summed E-state index contributed by atoms with van der Waals surface area (Å²) in [6.07, 6.45) is 8.43. The minimum Gasteiger partial charge on any atom is -0.352 e. The third-order valence-electron chi connectivity index (χ3n) is 4.02. The lowest BCUT2D eigenvalue weighted by Gasteiger charge is -2.26. The van der Waals surface area contributed by atoms with Gasteiger partial charge in [-0.25, -0.2) is 0 Å². The van der Waals surface area contributed by atoms with Gasteiger partial charge >= 0.3 is 0 Å². The van der Waals surface area contributed by atoms with E-state index in [1.807, 2.05) is 6.92 Å². The maximum Gasteiger partial charge on any atom is 0.242 e. The number of likely N-dealkylation sites (N-methyl/N-ethyl adjacent to an activating group) is 1. The van der Waals surface area contributed by atoms with Crippen LogP contribution >= 0.6 is 0 Å². The van der Waals surface area contributed by atoms with Gasteiger partial charge in [-0.1, -0.05) is 32.6 Å². The normalized spacial score (nSPS) is 18.5. The quantitative estimate of drug-likeness (QED) is 0.779. The van der Waals surface area contributed by atoms with Crippen molar-refractivity contribution in [3.63, 3.8) is 0 Å². The largest absolute Gasteiger partial charge is 0.352 e. The van der Waals surface area contributed by atoms with Crippen LogP contribution in [0.1, 0.15) is 65.2 Å². The van der Waals surface area contributed by atoms with Gasteiger partial charge in [0.15, 0.2) is 0 Å². The lowest BCUT2D eigenvalue weighted by atomic mass is 10.1. The highest BCUT2D eigenvalue weighted by Gasteiger charge is 2.24. The first-order valence-corrected chi connectivity index (χ1v) is 7.62. The van der Waals surface area contributed by atoms with Gasteiger partial charge in [0.1, 0.15) is 6.04 Å². The molecule has 0 bridgehead atoms. The molecule has 19 heavy (non-hydrogen) atoms. The Morgan fingerprint density at radius 2 is 1.79 bits per heavy atom. The number of carbonyl (C=O) groups excluding carboxylic acids is 2.